The Hall–Kier alpha value is -3.32. The minimum Gasteiger partial charge on any atom is -0.748 e. The van der Waals surface area contributed by atoms with Crippen molar-refractivity contribution in [2.24, 2.45) is 0 Å². The van der Waals surface area contributed by atoms with E-state index in [4.69, 9.17) is 19.9 Å². The standard InChI is InChI=1S/C31H31N4P2.C5H5.Fe/c1-30(2,3)27-25(22-14-8-5-9-15-22)24(21-12-6-4-7-13-21)23(20-36)26(27)31(37,28-32-16-10-17-33-28)29-34-18-11-19-35-29;1-2-4-5-3-1;/h4-19H,20,36-37H2,1-3H3;1-5H;/q-1;-5;. The smallest absolute Gasteiger partial charge is 0.148 e. The van der Waals surface area contributed by atoms with Gasteiger partial charge in [-0.1, -0.05) is 98.7 Å². The quantitative estimate of drug-likeness (QED) is 0.104. The third-order valence-corrected chi connectivity index (χ3v) is 8.43. The number of nitrogens with zero attached hydrogens (tertiary/aromatic N) is 4. The van der Waals surface area contributed by atoms with E-state index in [0.29, 0.717) is 11.6 Å². The number of aromatic nitrogens is 4. The fourth-order valence-corrected chi connectivity index (χ4v) is 6.56. The van der Waals surface area contributed by atoms with Crippen LogP contribution in [0.5, 0.6) is 0 Å². The molecular formula is C36H36FeN4P2-6. The summed E-state index contributed by atoms with van der Waals surface area (Å²) in [6, 6.07) is 35.1. The monoisotopic (exact) mass is 642 g/mol. The Kier molecular flexibility index (Phi) is 10.9. The summed E-state index contributed by atoms with van der Waals surface area (Å²) in [4.78, 5) is 19.1. The van der Waals surface area contributed by atoms with Gasteiger partial charge < -0.3 is 30.3 Å². The number of benzene rings is 2. The van der Waals surface area contributed by atoms with Crippen molar-refractivity contribution in [1.29, 1.82) is 0 Å². The van der Waals surface area contributed by atoms with E-state index in [-0.39, 0.29) is 22.5 Å². The Morgan fingerprint density at radius 2 is 1.07 bits per heavy atom. The predicted molar refractivity (Wildman–Crippen MR) is 181 cm³/mol. The van der Waals surface area contributed by atoms with Crippen molar-refractivity contribution in [3.63, 3.8) is 0 Å². The van der Waals surface area contributed by atoms with Crippen LogP contribution in [0.3, 0.4) is 0 Å². The number of rotatable bonds is 6. The topological polar surface area (TPSA) is 51.6 Å². The fourth-order valence-electron chi connectivity index (χ4n) is 5.53. The molecule has 224 valence electrons. The van der Waals surface area contributed by atoms with E-state index in [1.165, 1.54) is 33.4 Å². The molecule has 0 fully saturated rings. The van der Waals surface area contributed by atoms with Crippen molar-refractivity contribution in [2.45, 2.75) is 37.5 Å². The van der Waals surface area contributed by atoms with Crippen LogP contribution in [0.25, 0.3) is 22.3 Å². The van der Waals surface area contributed by atoms with Gasteiger partial charge in [0.05, 0.1) is 0 Å². The summed E-state index contributed by atoms with van der Waals surface area (Å²) in [5.41, 5.74) is 8.28. The average molecular weight is 643 g/mol. The van der Waals surface area contributed by atoms with Crippen LogP contribution in [0, 0.1) is 0 Å². The third kappa shape index (κ3) is 6.77. The maximum Gasteiger partial charge on any atom is 0.148 e. The van der Waals surface area contributed by atoms with E-state index in [1.54, 1.807) is 24.8 Å². The molecule has 43 heavy (non-hydrogen) atoms. The summed E-state index contributed by atoms with van der Waals surface area (Å²) in [5.74, 6) is 1.31. The zero-order chi connectivity index (χ0) is 29.6. The molecule has 0 aliphatic rings. The van der Waals surface area contributed by atoms with Crippen molar-refractivity contribution in [2.75, 3.05) is 0 Å². The Bertz CT molecular complexity index is 1620. The van der Waals surface area contributed by atoms with E-state index in [1.807, 2.05) is 42.5 Å². The molecule has 0 radical (unpaired) electrons. The minimum absolute atomic E-state index is 0. The van der Waals surface area contributed by atoms with Gasteiger partial charge in [0.1, 0.15) is 16.8 Å². The van der Waals surface area contributed by atoms with Crippen LogP contribution in [-0.4, -0.2) is 19.9 Å². The molecule has 0 N–H and O–H groups in total. The second kappa shape index (κ2) is 14.4. The summed E-state index contributed by atoms with van der Waals surface area (Å²) in [5, 5.41) is -0.854. The molecule has 6 rings (SSSR count). The Morgan fingerprint density at radius 1 is 0.651 bits per heavy atom. The Labute approximate surface area is 270 Å². The molecule has 0 saturated carbocycles. The van der Waals surface area contributed by atoms with Crippen LogP contribution in [0.2, 0.25) is 0 Å². The van der Waals surface area contributed by atoms with Crippen molar-refractivity contribution in [1.82, 2.24) is 19.9 Å². The first-order chi connectivity index (χ1) is 20.4. The van der Waals surface area contributed by atoms with Gasteiger partial charge in [0.25, 0.3) is 0 Å². The van der Waals surface area contributed by atoms with E-state index in [2.05, 4.69) is 99.9 Å². The summed E-state index contributed by atoms with van der Waals surface area (Å²) >= 11 is 0. The van der Waals surface area contributed by atoms with Crippen molar-refractivity contribution >= 4 is 18.5 Å². The minimum atomic E-state index is -0.854. The van der Waals surface area contributed by atoms with E-state index in [0.717, 1.165) is 11.7 Å². The van der Waals surface area contributed by atoms with Gasteiger partial charge in [0.2, 0.25) is 0 Å². The van der Waals surface area contributed by atoms with E-state index >= 15 is 0 Å². The molecule has 2 atom stereocenters. The maximum atomic E-state index is 4.77. The average Bonchev–Trinajstić information content (AvgIpc) is 3.73. The molecule has 2 unspecified atom stereocenters. The summed E-state index contributed by atoms with van der Waals surface area (Å²) in [7, 11) is 6.03. The predicted octanol–water partition coefficient (Wildman–Crippen LogP) is 8.56. The van der Waals surface area contributed by atoms with Crippen LogP contribution in [-0.2, 0) is 33.8 Å². The molecule has 0 spiro atoms. The molecule has 0 amide bonds. The van der Waals surface area contributed by atoms with E-state index < -0.39 is 5.16 Å². The van der Waals surface area contributed by atoms with Crippen LogP contribution >= 0.6 is 18.5 Å². The van der Waals surface area contributed by atoms with Crippen molar-refractivity contribution in [3.8, 4) is 22.3 Å². The Balaban J connectivity index is 0.000000641. The third-order valence-electron chi connectivity index (χ3n) is 7.22. The van der Waals surface area contributed by atoms with Gasteiger partial charge >= 0.3 is 0 Å². The second-order valence-corrected chi connectivity index (χ2v) is 12.4. The molecule has 2 aromatic heterocycles. The van der Waals surface area contributed by atoms with Gasteiger partial charge in [-0.3, -0.25) is 0 Å². The molecule has 0 aliphatic heterocycles. The summed E-state index contributed by atoms with van der Waals surface area (Å²) in [6.07, 6.45) is 7.92. The van der Waals surface area contributed by atoms with Crippen molar-refractivity contribution < 1.29 is 17.1 Å². The van der Waals surface area contributed by atoms with Gasteiger partial charge in [-0.15, -0.1) is 46.3 Å². The molecule has 0 aliphatic carbocycles. The van der Waals surface area contributed by atoms with Gasteiger partial charge in [0, 0.05) is 41.9 Å². The van der Waals surface area contributed by atoms with E-state index in [9.17, 15) is 0 Å². The van der Waals surface area contributed by atoms with Gasteiger partial charge in [0.15, 0.2) is 0 Å². The fraction of sp³-hybridized carbons (Fsp3) is 0.167. The molecule has 7 heteroatoms. The summed E-state index contributed by atoms with van der Waals surface area (Å²) < 4.78 is 0. The number of hydrogen-bond acceptors (Lipinski definition) is 4. The molecule has 4 nitrogen and oxygen atoms in total. The first-order valence-electron chi connectivity index (χ1n) is 14.0. The summed E-state index contributed by atoms with van der Waals surface area (Å²) in [6.45, 7) is 6.84. The van der Waals surface area contributed by atoms with Crippen LogP contribution in [0.4, 0.5) is 0 Å². The normalized spacial score (nSPS) is 11.3. The molecule has 0 saturated heterocycles. The molecular weight excluding hydrogens is 606 g/mol. The molecule has 4 aromatic carbocycles. The first-order valence-corrected chi connectivity index (χ1v) is 15.4. The largest absolute Gasteiger partial charge is 0.748 e. The first kappa shape index (κ1) is 32.6. The molecule has 2 heterocycles. The second-order valence-electron chi connectivity index (χ2n) is 11.1. The molecule has 0 bridgehead atoms. The van der Waals surface area contributed by atoms with Gasteiger partial charge in [-0.2, -0.15) is 0 Å². The Morgan fingerprint density at radius 3 is 1.47 bits per heavy atom. The van der Waals surface area contributed by atoms with Crippen LogP contribution in [0.1, 0.15) is 49.1 Å². The SMILES string of the molecule is CC(C)(C)[c-]1c(-c2ccccc2)c(-c2ccccc2)c(CP)c1C(P)(c1ncccn1)c1ncccn1.[Fe].[cH-]1[cH-][cH-][cH-][cH-]1. The van der Waals surface area contributed by atoms with Crippen LogP contribution in [0.15, 0.2) is 128 Å². The van der Waals surface area contributed by atoms with Gasteiger partial charge in [-0.05, 0) is 17.5 Å². The zero-order valence-corrected chi connectivity index (χ0v) is 28.0. The molecule has 6 aromatic rings. The zero-order valence-electron chi connectivity index (χ0n) is 24.6. The maximum absolute atomic E-state index is 4.77. The van der Waals surface area contributed by atoms with Crippen molar-refractivity contribution in [3.05, 3.63) is 156 Å². The van der Waals surface area contributed by atoms with Crippen LogP contribution < -0.4 is 0 Å². The number of hydrogen-bond donors (Lipinski definition) is 0. The van der Waals surface area contributed by atoms with Gasteiger partial charge in [-0.25, -0.2) is 19.9 Å².